The Morgan fingerprint density at radius 2 is 1.74 bits per heavy atom. The quantitative estimate of drug-likeness (QED) is 0.333. The summed E-state index contributed by atoms with van der Waals surface area (Å²) in [6, 6.07) is 18.3. The van der Waals surface area contributed by atoms with Crippen molar-refractivity contribution in [2.75, 3.05) is 0 Å². The molecule has 35 heavy (non-hydrogen) atoms. The number of benzene rings is 3. The van der Waals surface area contributed by atoms with E-state index in [1.54, 1.807) is 35.0 Å². The first-order chi connectivity index (χ1) is 17.0. The van der Waals surface area contributed by atoms with Gasteiger partial charge in [-0.1, -0.05) is 36.4 Å². The van der Waals surface area contributed by atoms with Crippen molar-refractivity contribution in [3.63, 3.8) is 0 Å². The molecule has 5 aromatic rings. The average Bonchev–Trinajstić information content (AvgIpc) is 3.52. The molecule has 2 aromatic heterocycles. The van der Waals surface area contributed by atoms with Gasteiger partial charge in [-0.3, -0.25) is 14.3 Å². The molecule has 0 radical (unpaired) electrons. The summed E-state index contributed by atoms with van der Waals surface area (Å²) in [5.74, 6) is -0.927. The van der Waals surface area contributed by atoms with E-state index in [0.29, 0.717) is 28.8 Å². The highest BCUT2D eigenvalue weighted by Gasteiger charge is 2.18. The third-order valence-electron chi connectivity index (χ3n) is 5.51. The molecule has 11 heteroatoms. The van der Waals surface area contributed by atoms with E-state index in [4.69, 9.17) is 5.73 Å². The first kappa shape index (κ1) is 21.9. The van der Waals surface area contributed by atoms with Crippen LogP contribution in [0.2, 0.25) is 0 Å². The second-order valence-electron chi connectivity index (χ2n) is 7.84. The van der Waals surface area contributed by atoms with Gasteiger partial charge in [0.15, 0.2) is 5.69 Å². The molecule has 0 aliphatic rings. The van der Waals surface area contributed by atoms with Gasteiger partial charge in [0, 0.05) is 23.1 Å². The summed E-state index contributed by atoms with van der Waals surface area (Å²) < 4.78 is 15.6. The Balaban J connectivity index is 1.35. The number of fused-ring (bicyclic) bond motifs is 1. The van der Waals surface area contributed by atoms with Gasteiger partial charge in [-0.2, -0.15) is 10.3 Å². The third kappa shape index (κ3) is 4.60. The Morgan fingerprint density at radius 3 is 2.43 bits per heavy atom. The fourth-order valence-corrected chi connectivity index (χ4v) is 3.71. The largest absolute Gasteiger partial charge is 0.366 e. The normalized spacial score (nSPS) is 11.0. The number of nitrogens with zero attached hydrogens (tertiary/aromatic N) is 5. The number of nitrogens with two attached hydrogens (primary N) is 1. The van der Waals surface area contributed by atoms with Crippen LogP contribution in [-0.4, -0.2) is 42.2 Å². The monoisotopic (exact) mass is 470 g/mol. The molecule has 4 N–H and O–H groups in total. The zero-order valence-electron chi connectivity index (χ0n) is 18.3. The lowest BCUT2D eigenvalue weighted by Gasteiger charge is -2.05. The maximum absolute atomic E-state index is 14.0. The molecule has 174 valence electrons. The molecule has 2 amide bonds. The molecule has 0 bridgehead atoms. The highest BCUT2D eigenvalue weighted by molar-refractivity contribution is 6.04. The molecule has 0 fully saturated rings. The van der Waals surface area contributed by atoms with Gasteiger partial charge in [0.05, 0.1) is 12.1 Å². The second-order valence-corrected chi connectivity index (χ2v) is 7.84. The molecule has 10 nitrogen and oxygen atoms in total. The molecular weight excluding hydrogens is 451 g/mol. The van der Waals surface area contributed by atoms with Gasteiger partial charge in [0.2, 0.25) is 11.7 Å². The van der Waals surface area contributed by atoms with Crippen molar-refractivity contribution in [2.24, 2.45) is 5.73 Å². The number of nitrogens with one attached hydrogen (secondary N) is 2. The van der Waals surface area contributed by atoms with Crippen molar-refractivity contribution in [2.45, 2.75) is 13.1 Å². The minimum absolute atomic E-state index is 0.122. The number of halogens is 1. The van der Waals surface area contributed by atoms with Crippen molar-refractivity contribution < 1.29 is 14.0 Å². The summed E-state index contributed by atoms with van der Waals surface area (Å²) in [6.45, 7) is 0.579. The van der Waals surface area contributed by atoms with E-state index in [0.717, 1.165) is 16.7 Å². The first-order valence-electron chi connectivity index (χ1n) is 10.6. The molecule has 5 rings (SSSR count). The molecular formula is C24H19FN8O2. The van der Waals surface area contributed by atoms with E-state index >= 15 is 0 Å². The number of rotatable bonds is 7. The number of aromatic nitrogens is 6. The Labute approximate surface area is 198 Å². The Hall–Kier alpha value is -4.93. The van der Waals surface area contributed by atoms with Crippen LogP contribution in [0.15, 0.2) is 66.7 Å². The lowest BCUT2D eigenvalue weighted by Crippen LogP contribution is -2.23. The lowest BCUT2D eigenvalue weighted by molar-refractivity contribution is 0.0945. The number of tetrazole rings is 1. The summed E-state index contributed by atoms with van der Waals surface area (Å²) in [4.78, 5) is 24.3. The Bertz CT molecular complexity index is 1510. The maximum Gasteiger partial charge on any atom is 0.272 e. The van der Waals surface area contributed by atoms with Crippen LogP contribution in [0.3, 0.4) is 0 Å². The van der Waals surface area contributed by atoms with Crippen molar-refractivity contribution in [1.29, 1.82) is 0 Å². The van der Waals surface area contributed by atoms with Gasteiger partial charge < -0.3 is 11.1 Å². The van der Waals surface area contributed by atoms with Crippen LogP contribution in [0, 0.1) is 5.82 Å². The van der Waals surface area contributed by atoms with Gasteiger partial charge in [0.1, 0.15) is 5.82 Å². The highest BCUT2D eigenvalue weighted by atomic mass is 19.1. The standard InChI is InChI=1S/C24H19FN8O2/c25-18-9-10-20-19(11-18)21(30-33(20)13-15-3-5-16(6-4-15)22(26)34)24(35)27-12-14-1-7-17(8-2-14)23-28-31-32-29-23/h1-11H,12-13H2,(H2,26,34)(H,27,35)(H,28,29,31,32). The number of hydrogen-bond acceptors (Lipinski definition) is 6. The van der Waals surface area contributed by atoms with Gasteiger partial charge in [-0.25, -0.2) is 4.39 Å². The topological polar surface area (TPSA) is 144 Å². The van der Waals surface area contributed by atoms with E-state index in [2.05, 4.69) is 31.0 Å². The number of carbonyl (C=O) groups excluding carboxylic acids is 2. The fraction of sp³-hybridized carbons (Fsp3) is 0.0833. The van der Waals surface area contributed by atoms with Gasteiger partial charge in [-0.15, -0.1) is 10.2 Å². The molecule has 0 spiro atoms. The zero-order valence-corrected chi connectivity index (χ0v) is 18.3. The van der Waals surface area contributed by atoms with Gasteiger partial charge >= 0.3 is 0 Å². The van der Waals surface area contributed by atoms with Crippen molar-refractivity contribution in [3.05, 3.63) is 94.9 Å². The van der Waals surface area contributed by atoms with Crippen molar-refractivity contribution in [1.82, 2.24) is 35.7 Å². The van der Waals surface area contributed by atoms with Crippen LogP contribution in [-0.2, 0) is 13.1 Å². The van der Waals surface area contributed by atoms with Crippen LogP contribution >= 0.6 is 0 Å². The number of amides is 2. The van der Waals surface area contributed by atoms with Gasteiger partial charge in [0.25, 0.3) is 5.91 Å². The van der Waals surface area contributed by atoms with E-state index in [1.807, 2.05) is 24.3 Å². The predicted molar refractivity (Wildman–Crippen MR) is 125 cm³/mol. The molecule has 0 saturated carbocycles. The molecule has 0 unspecified atom stereocenters. The summed E-state index contributed by atoms with van der Waals surface area (Å²) in [7, 11) is 0. The van der Waals surface area contributed by atoms with Crippen molar-refractivity contribution >= 4 is 22.7 Å². The number of primary amides is 1. The van der Waals surface area contributed by atoms with E-state index < -0.39 is 17.6 Å². The molecule has 0 atom stereocenters. The number of aromatic amines is 1. The van der Waals surface area contributed by atoms with Crippen LogP contribution in [0.1, 0.15) is 32.0 Å². The van der Waals surface area contributed by atoms with E-state index in [9.17, 15) is 14.0 Å². The smallest absolute Gasteiger partial charge is 0.272 e. The van der Waals surface area contributed by atoms with Crippen LogP contribution in [0.5, 0.6) is 0 Å². The van der Waals surface area contributed by atoms with Crippen LogP contribution in [0.25, 0.3) is 22.3 Å². The summed E-state index contributed by atoms with van der Waals surface area (Å²) >= 11 is 0. The first-order valence-corrected chi connectivity index (χ1v) is 10.6. The highest BCUT2D eigenvalue weighted by Crippen LogP contribution is 2.22. The summed E-state index contributed by atoms with van der Waals surface area (Å²) in [5.41, 5.74) is 8.91. The van der Waals surface area contributed by atoms with Crippen molar-refractivity contribution in [3.8, 4) is 11.4 Å². The fourth-order valence-electron chi connectivity index (χ4n) is 3.71. The molecule has 3 aromatic carbocycles. The zero-order chi connectivity index (χ0) is 24.4. The number of hydrogen-bond donors (Lipinski definition) is 3. The SMILES string of the molecule is NC(=O)c1ccc(Cn2nc(C(=O)NCc3ccc(-c4nn[nH]n4)cc3)c3cc(F)ccc32)cc1. The van der Waals surface area contributed by atoms with Crippen LogP contribution < -0.4 is 11.1 Å². The number of H-pyrrole nitrogens is 1. The third-order valence-corrected chi connectivity index (χ3v) is 5.51. The van der Waals surface area contributed by atoms with Crippen LogP contribution in [0.4, 0.5) is 4.39 Å². The Kier molecular flexibility index (Phi) is 5.71. The minimum atomic E-state index is -0.514. The number of carbonyl (C=O) groups is 2. The summed E-state index contributed by atoms with van der Waals surface area (Å²) in [6.07, 6.45) is 0. The lowest BCUT2D eigenvalue weighted by atomic mass is 10.1. The molecule has 0 saturated heterocycles. The Morgan fingerprint density at radius 1 is 1.00 bits per heavy atom. The molecule has 0 aliphatic heterocycles. The molecule has 2 heterocycles. The minimum Gasteiger partial charge on any atom is -0.366 e. The van der Waals surface area contributed by atoms with E-state index in [1.165, 1.54) is 12.1 Å². The maximum atomic E-state index is 14.0. The van der Waals surface area contributed by atoms with E-state index in [-0.39, 0.29) is 12.2 Å². The average molecular weight is 470 g/mol. The predicted octanol–water partition coefficient (Wildman–Crippen LogP) is 2.43. The molecule has 0 aliphatic carbocycles. The van der Waals surface area contributed by atoms with Gasteiger partial charge in [-0.05, 0) is 46.7 Å². The summed E-state index contributed by atoms with van der Waals surface area (Å²) in [5, 5.41) is 21.5. The second kappa shape index (κ2) is 9.14.